The van der Waals surface area contributed by atoms with Gasteiger partial charge in [0.1, 0.15) is 11.6 Å². The number of hydrogen-bond donors (Lipinski definition) is 3. The minimum atomic E-state index is -0.0736. The number of oxime groups is 1. The first kappa shape index (κ1) is 14.7. The van der Waals surface area contributed by atoms with Gasteiger partial charge < -0.3 is 21.0 Å². The first-order valence-corrected chi connectivity index (χ1v) is 6.65. The third-order valence-corrected chi connectivity index (χ3v) is 3.17. The summed E-state index contributed by atoms with van der Waals surface area (Å²) in [5, 5.41) is 15.2. The van der Waals surface area contributed by atoms with E-state index in [-0.39, 0.29) is 11.9 Å². The summed E-state index contributed by atoms with van der Waals surface area (Å²) < 4.78 is 5.14. The highest BCUT2D eigenvalue weighted by Crippen LogP contribution is 2.24. The summed E-state index contributed by atoms with van der Waals surface area (Å²) in [6.07, 6.45) is 0.409. The van der Waals surface area contributed by atoms with Gasteiger partial charge in [-0.2, -0.15) is 0 Å². The van der Waals surface area contributed by atoms with Crippen molar-refractivity contribution in [3.05, 3.63) is 60.2 Å². The number of nitrogens with two attached hydrogens (primary N) is 1. The van der Waals surface area contributed by atoms with Crippen LogP contribution in [0.4, 0.5) is 5.69 Å². The molecule has 5 nitrogen and oxygen atoms in total. The van der Waals surface area contributed by atoms with Crippen LogP contribution in [0.1, 0.15) is 18.0 Å². The van der Waals surface area contributed by atoms with Crippen LogP contribution in [0.2, 0.25) is 0 Å². The lowest BCUT2D eigenvalue weighted by atomic mass is 10.0. The second-order valence-electron chi connectivity index (χ2n) is 4.63. The predicted molar refractivity (Wildman–Crippen MR) is 83.8 cm³/mol. The third-order valence-electron chi connectivity index (χ3n) is 3.17. The molecule has 2 aromatic carbocycles. The van der Waals surface area contributed by atoms with Gasteiger partial charge in [0.15, 0.2) is 0 Å². The van der Waals surface area contributed by atoms with E-state index in [0.717, 1.165) is 17.0 Å². The summed E-state index contributed by atoms with van der Waals surface area (Å²) in [6.45, 7) is 0. The van der Waals surface area contributed by atoms with Crippen LogP contribution in [0, 0.1) is 0 Å². The average Bonchev–Trinajstić information content (AvgIpc) is 2.55. The molecule has 0 fully saturated rings. The summed E-state index contributed by atoms with van der Waals surface area (Å²) in [5.41, 5.74) is 7.66. The highest BCUT2D eigenvalue weighted by Gasteiger charge is 2.13. The lowest BCUT2D eigenvalue weighted by molar-refractivity contribution is 0.316. The van der Waals surface area contributed by atoms with E-state index in [1.54, 1.807) is 7.11 Å². The van der Waals surface area contributed by atoms with Crippen molar-refractivity contribution in [3.8, 4) is 5.75 Å². The van der Waals surface area contributed by atoms with Gasteiger partial charge in [-0.05, 0) is 29.8 Å². The molecule has 0 saturated heterocycles. The van der Waals surface area contributed by atoms with Gasteiger partial charge in [0.25, 0.3) is 0 Å². The van der Waals surface area contributed by atoms with Crippen LogP contribution in [0.5, 0.6) is 5.75 Å². The number of nitrogens with one attached hydrogen (secondary N) is 1. The van der Waals surface area contributed by atoms with Gasteiger partial charge in [0.05, 0.1) is 13.2 Å². The van der Waals surface area contributed by atoms with Gasteiger partial charge in [-0.3, -0.25) is 0 Å². The van der Waals surface area contributed by atoms with E-state index in [0.29, 0.717) is 6.42 Å². The number of rotatable bonds is 6. The maximum atomic E-state index is 8.78. The predicted octanol–water partition coefficient (Wildman–Crippen LogP) is 2.98. The van der Waals surface area contributed by atoms with E-state index < -0.39 is 0 Å². The molecule has 1 atom stereocenters. The molecule has 2 rings (SSSR count). The standard InChI is InChI=1S/C16H19N3O2/c1-21-14-9-7-13(8-10-14)18-15(11-16(17)19-20)12-5-3-2-4-6-12/h2-10,15,18,20H,11H2,1H3,(H2,17,19). The maximum absolute atomic E-state index is 8.78. The third kappa shape index (κ3) is 4.14. The van der Waals surface area contributed by atoms with Gasteiger partial charge in [-0.15, -0.1) is 0 Å². The number of amidine groups is 1. The summed E-state index contributed by atoms with van der Waals surface area (Å²) >= 11 is 0. The Morgan fingerprint density at radius 2 is 1.86 bits per heavy atom. The van der Waals surface area contributed by atoms with Crippen molar-refractivity contribution >= 4 is 11.5 Å². The molecule has 0 aliphatic heterocycles. The molecule has 5 heteroatoms. The van der Waals surface area contributed by atoms with E-state index in [9.17, 15) is 0 Å². The summed E-state index contributed by atoms with van der Waals surface area (Å²) in [6, 6.07) is 17.4. The molecule has 0 radical (unpaired) electrons. The molecule has 0 saturated carbocycles. The van der Waals surface area contributed by atoms with Crippen LogP contribution < -0.4 is 15.8 Å². The Balaban J connectivity index is 2.18. The molecule has 4 N–H and O–H groups in total. The second kappa shape index (κ2) is 7.19. The number of ether oxygens (including phenoxy) is 1. The van der Waals surface area contributed by atoms with E-state index in [2.05, 4.69) is 10.5 Å². The molecule has 110 valence electrons. The zero-order valence-electron chi connectivity index (χ0n) is 11.9. The van der Waals surface area contributed by atoms with E-state index in [4.69, 9.17) is 15.7 Å². The van der Waals surface area contributed by atoms with Crippen molar-refractivity contribution in [2.24, 2.45) is 10.9 Å². The Morgan fingerprint density at radius 3 is 2.43 bits per heavy atom. The first-order valence-electron chi connectivity index (χ1n) is 6.65. The van der Waals surface area contributed by atoms with Crippen LogP contribution in [0.3, 0.4) is 0 Å². The van der Waals surface area contributed by atoms with Gasteiger partial charge in [-0.1, -0.05) is 35.5 Å². The Kier molecular flexibility index (Phi) is 5.04. The summed E-state index contributed by atoms with van der Waals surface area (Å²) in [7, 11) is 1.63. The van der Waals surface area contributed by atoms with Crippen LogP contribution in [-0.4, -0.2) is 18.2 Å². The number of methoxy groups -OCH3 is 1. The normalized spacial score (nSPS) is 12.7. The van der Waals surface area contributed by atoms with Crippen molar-refractivity contribution < 1.29 is 9.94 Å². The minimum absolute atomic E-state index is 0.0736. The molecule has 0 aromatic heterocycles. The maximum Gasteiger partial charge on any atom is 0.141 e. The molecule has 0 aliphatic rings. The topological polar surface area (TPSA) is 79.9 Å². The first-order chi connectivity index (χ1) is 10.2. The molecular formula is C16H19N3O2. The molecule has 0 amide bonds. The Labute approximate surface area is 124 Å². The highest BCUT2D eigenvalue weighted by molar-refractivity contribution is 5.80. The largest absolute Gasteiger partial charge is 0.497 e. The fraction of sp³-hybridized carbons (Fsp3) is 0.188. The molecule has 2 aromatic rings. The monoisotopic (exact) mass is 285 g/mol. The fourth-order valence-electron chi connectivity index (χ4n) is 2.08. The van der Waals surface area contributed by atoms with Gasteiger partial charge >= 0.3 is 0 Å². The quantitative estimate of drug-likeness (QED) is 0.330. The number of hydrogen-bond acceptors (Lipinski definition) is 4. The van der Waals surface area contributed by atoms with Gasteiger partial charge in [-0.25, -0.2) is 0 Å². The van der Waals surface area contributed by atoms with Crippen LogP contribution in [-0.2, 0) is 0 Å². The highest BCUT2D eigenvalue weighted by atomic mass is 16.5. The number of benzene rings is 2. The minimum Gasteiger partial charge on any atom is -0.497 e. The molecule has 0 aliphatic carbocycles. The zero-order valence-corrected chi connectivity index (χ0v) is 11.9. The molecule has 0 spiro atoms. The average molecular weight is 285 g/mol. The van der Waals surface area contributed by atoms with Gasteiger partial charge in [0, 0.05) is 12.1 Å². The molecular weight excluding hydrogens is 266 g/mol. The molecule has 0 bridgehead atoms. The van der Waals surface area contributed by atoms with Crippen molar-refractivity contribution in [3.63, 3.8) is 0 Å². The van der Waals surface area contributed by atoms with Crippen LogP contribution in [0.15, 0.2) is 59.8 Å². The smallest absolute Gasteiger partial charge is 0.141 e. The van der Waals surface area contributed by atoms with Crippen molar-refractivity contribution in [2.75, 3.05) is 12.4 Å². The number of nitrogens with zero attached hydrogens (tertiary/aromatic N) is 1. The van der Waals surface area contributed by atoms with E-state index in [1.807, 2.05) is 54.6 Å². The lowest BCUT2D eigenvalue weighted by Crippen LogP contribution is -2.21. The summed E-state index contributed by atoms with van der Waals surface area (Å²) in [4.78, 5) is 0. The molecule has 21 heavy (non-hydrogen) atoms. The number of anilines is 1. The molecule has 1 unspecified atom stereocenters. The fourth-order valence-corrected chi connectivity index (χ4v) is 2.08. The van der Waals surface area contributed by atoms with Crippen molar-refractivity contribution in [2.45, 2.75) is 12.5 Å². The Morgan fingerprint density at radius 1 is 1.19 bits per heavy atom. The Hall–Kier alpha value is -2.69. The van der Waals surface area contributed by atoms with Gasteiger partial charge in [0.2, 0.25) is 0 Å². The summed E-state index contributed by atoms with van der Waals surface area (Å²) in [5.74, 6) is 0.984. The zero-order chi connectivity index (χ0) is 15.1. The molecule has 0 heterocycles. The van der Waals surface area contributed by atoms with Crippen LogP contribution in [0.25, 0.3) is 0 Å². The Bertz CT molecular complexity index is 582. The van der Waals surface area contributed by atoms with Crippen molar-refractivity contribution in [1.29, 1.82) is 0 Å². The van der Waals surface area contributed by atoms with Crippen LogP contribution >= 0.6 is 0 Å². The SMILES string of the molecule is COc1ccc(NC(CC(N)=NO)c2ccccc2)cc1. The van der Waals surface area contributed by atoms with E-state index in [1.165, 1.54) is 0 Å². The lowest BCUT2D eigenvalue weighted by Gasteiger charge is -2.20. The second-order valence-corrected chi connectivity index (χ2v) is 4.63. The van der Waals surface area contributed by atoms with Crippen molar-refractivity contribution in [1.82, 2.24) is 0 Å². The van der Waals surface area contributed by atoms with E-state index >= 15 is 0 Å².